The predicted octanol–water partition coefficient (Wildman–Crippen LogP) is 2.59. The van der Waals surface area contributed by atoms with Crippen LogP contribution in [0.3, 0.4) is 0 Å². The van der Waals surface area contributed by atoms with Crippen LogP contribution < -0.4 is 5.32 Å². The summed E-state index contributed by atoms with van der Waals surface area (Å²) in [6, 6.07) is 4.83. The van der Waals surface area contributed by atoms with E-state index in [0.717, 1.165) is 42.5 Å². The lowest BCUT2D eigenvalue weighted by Gasteiger charge is -2.21. The number of halogens is 2. The van der Waals surface area contributed by atoms with Crippen LogP contribution in [-0.4, -0.2) is 23.3 Å². The average molecular weight is 256 g/mol. The summed E-state index contributed by atoms with van der Waals surface area (Å²) in [5.74, 6) is 0.286. The molecule has 1 aromatic heterocycles. The maximum atomic E-state index is 13.0. The summed E-state index contributed by atoms with van der Waals surface area (Å²) in [5, 5.41) is 11.7. The molecule has 1 fully saturated rings. The molecule has 3 rings (SSSR count). The molecule has 0 saturated carbocycles. The number of aromatic nitrogens is 2. The molecule has 0 radical (unpaired) electrons. The third-order valence-electron chi connectivity index (χ3n) is 3.28. The van der Waals surface area contributed by atoms with E-state index in [1.807, 2.05) is 6.07 Å². The summed E-state index contributed by atoms with van der Waals surface area (Å²) >= 11 is 0. The van der Waals surface area contributed by atoms with Gasteiger partial charge in [0.1, 0.15) is 5.82 Å². The Balaban J connectivity index is 0.00000108. The Bertz CT molecular complexity index is 505. The number of fused-ring (bicyclic) bond motifs is 1. The Hall–Kier alpha value is -1.13. The molecule has 0 amide bonds. The minimum Gasteiger partial charge on any atom is -0.317 e. The van der Waals surface area contributed by atoms with E-state index in [1.165, 1.54) is 12.1 Å². The van der Waals surface area contributed by atoms with Crippen molar-refractivity contribution in [2.45, 2.75) is 18.8 Å². The van der Waals surface area contributed by atoms with E-state index in [2.05, 4.69) is 15.5 Å². The quantitative estimate of drug-likeness (QED) is 0.822. The largest absolute Gasteiger partial charge is 0.317 e. The van der Waals surface area contributed by atoms with Crippen molar-refractivity contribution in [1.29, 1.82) is 0 Å². The highest BCUT2D eigenvalue weighted by atomic mass is 35.5. The topological polar surface area (TPSA) is 40.7 Å². The zero-order valence-electron chi connectivity index (χ0n) is 9.37. The fourth-order valence-corrected chi connectivity index (χ4v) is 2.42. The summed E-state index contributed by atoms with van der Waals surface area (Å²) in [6.07, 6.45) is 2.22. The first-order valence-corrected chi connectivity index (χ1v) is 5.69. The van der Waals surface area contributed by atoms with Crippen LogP contribution in [0.5, 0.6) is 0 Å². The van der Waals surface area contributed by atoms with Gasteiger partial charge >= 0.3 is 0 Å². The standard InChI is InChI=1S/C12H14FN3.ClH/c13-9-1-2-10-11(7-9)15-16-12(10)8-3-5-14-6-4-8;/h1-2,7-8,14H,3-6H2,(H,15,16);1H. The normalized spacial score (nSPS) is 17.0. The minimum atomic E-state index is -0.215. The highest BCUT2D eigenvalue weighted by Gasteiger charge is 2.19. The van der Waals surface area contributed by atoms with Crippen LogP contribution in [-0.2, 0) is 0 Å². The fourth-order valence-electron chi connectivity index (χ4n) is 2.42. The lowest BCUT2D eigenvalue weighted by atomic mass is 9.93. The molecule has 1 aliphatic heterocycles. The van der Waals surface area contributed by atoms with E-state index in [9.17, 15) is 4.39 Å². The van der Waals surface area contributed by atoms with Crippen LogP contribution in [0.1, 0.15) is 24.5 Å². The number of hydrogen-bond acceptors (Lipinski definition) is 2. The molecule has 0 atom stereocenters. The molecule has 1 saturated heterocycles. The predicted molar refractivity (Wildman–Crippen MR) is 68.1 cm³/mol. The second-order valence-electron chi connectivity index (χ2n) is 4.32. The van der Waals surface area contributed by atoms with Crippen molar-refractivity contribution in [3.63, 3.8) is 0 Å². The van der Waals surface area contributed by atoms with Crippen molar-refractivity contribution < 1.29 is 4.39 Å². The molecule has 1 aromatic carbocycles. The fraction of sp³-hybridized carbons (Fsp3) is 0.417. The van der Waals surface area contributed by atoms with Crippen LogP contribution in [0, 0.1) is 5.82 Å². The van der Waals surface area contributed by atoms with Crippen molar-refractivity contribution in [2.75, 3.05) is 13.1 Å². The van der Waals surface area contributed by atoms with Gasteiger partial charge in [-0.3, -0.25) is 5.10 Å². The Labute approximate surface area is 105 Å². The van der Waals surface area contributed by atoms with Crippen LogP contribution in [0.4, 0.5) is 4.39 Å². The summed E-state index contributed by atoms with van der Waals surface area (Å²) in [6.45, 7) is 2.08. The molecule has 0 spiro atoms. The van der Waals surface area contributed by atoms with Gasteiger partial charge in [-0.25, -0.2) is 4.39 Å². The Morgan fingerprint density at radius 3 is 2.76 bits per heavy atom. The van der Waals surface area contributed by atoms with Crippen molar-refractivity contribution in [3.05, 3.63) is 29.7 Å². The van der Waals surface area contributed by atoms with E-state index in [-0.39, 0.29) is 18.2 Å². The number of hydrogen-bond donors (Lipinski definition) is 2. The highest BCUT2D eigenvalue weighted by molar-refractivity contribution is 5.85. The summed E-state index contributed by atoms with van der Waals surface area (Å²) in [5.41, 5.74) is 1.89. The van der Waals surface area contributed by atoms with Crippen molar-refractivity contribution in [3.8, 4) is 0 Å². The SMILES string of the molecule is Cl.Fc1ccc2c(C3CCNCC3)n[nH]c2c1. The number of H-pyrrole nitrogens is 1. The number of nitrogens with one attached hydrogen (secondary N) is 2. The third kappa shape index (κ3) is 2.28. The van der Waals surface area contributed by atoms with Gasteiger partial charge in [0, 0.05) is 11.3 Å². The molecular weight excluding hydrogens is 241 g/mol. The Kier molecular flexibility index (Phi) is 3.64. The van der Waals surface area contributed by atoms with Crippen molar-refractivity contribution in [1.82, 2.24) is 15.5 Å². The maximum absolute atomic E-state index is 13.0. The van der Waals surface area contributed by atoms with E-state index < -0.39 is 0 Å². The lowest BCUT2D eigenvalue weighted by molar-refractivity contribution is 0.454. The monoisotopic (exact) mass is 255 g/mol. The van der Waals surface area contributed by atoms with Gasteiger partial charge in [-0.05, 0) is 44.1 Å². The molecule has 1 aliphatic rings. The molecule has 0 aliphatic carbocycles. The van der Waals surface area contributed by atoms with Gasteiger partial charge in [0.25, 0.3) is 0 Å². The molecule has 5 heteroatoms. The minimum absolute atomic E-state index is 0. The van der Waals surface area contributed by atoms with Gasteiger partial charge in [-0.1, -0.05) is 0 Å². The zero-order valence-corrected chi connectivity index (χ0v) is 10.2. The first-order valence-electron chi connectivity index (χ1n) is 5.69. The smallest absolute Gasteiger partial charge is 0.125 e. The van der Waals surface area contributed by atoms with Crippen LogP contribution >= 0.6 is 12.4 Å². The second kappa shape index (κ2) is 5.02. The summed E-state index contributed by atoms with van der Waals surface area (Å²) in [7, 11) is 0. The highest BCUT2D eigenvalue weighted by Crippen LogP contribution is 2.29. The first kappa shape index (κ1) is 12.3. The van der Waals surface area contributed by atoms with Gasteiger partial charge in [0.15, 0.2) is 0 Å². The molecule has 0 unspecified atom stereocenters. The molecular formula is C12H15ClFN3. The van der Waals surface area contributed by atoms with E-state index in [4.69, 9.17) is 0 Å². The summed E-state index contributed by atoms with van der Waals surface area (Å²) < 4.78 is 13.0. The zero-order chi connectivity index (χ0) is 11.0. The number of aromatic amines is 1. The van der Waals surface area contributed by atoms with Gasteiger partial charge < -0.3 is 5.32 Å². The molecule has 2 aromatic rings. The van der Waals surface area contributed by atoms with Gasteiger partial charge in [-0.2, -0.15) is 5.10 Å². The van der Waals surface area contributed by atoms with Gasteiger partial charge in [0.05, 0.1) is 11.2 Å². The molecule has 92 valence electrons. The molecule has 3 nitrogen and oxygen atoms in total. The number of rotatable bonds is 1. The van der Waals surface area contributed by atoms with E-state index in [0.29, 0.717) is 5.92 Å². The van der Waals surface area contributed by atoms with Crippen LogP contribution in [0.15, 0.2) is 18.2 Å². The van der Waals surface area contributed by atoms with Crippen molar-refractivity contribution in [2.24, 2.45) is 0 Å². The van der Waals surface area contributed by atoms with E-state index >= 15 is 0 Å². The number of benzene rings is 1. The Morgan fingerprint density at radius 1 is 1.24 bits per heavy atom. The van der Waals surface area contributed by atoms with Gasteiger partial charge in [0.2, 0.25) is 0 Å². The number of nitrogens with zero attached hydrogens (tertiary/aromatic N) is 1. The maximum Gasteiger partial charge on any atom is 0.125 e. The first-order chi connectivity index (χ1) is 7.84. The third-order valence-corrected chi connectivity index (χ3v) is 3.28. The molecule has 2 heterocycles. The molecule has 17 heavy (non-hydrogen) atoms. The molecule has 2 N–H and O–H groups in total. The van der Waals surface area contributed by atoms with E-state index in [1.54, 1.807) is 0 Å². The number of piperidine rings is 1. The Morgan fingerprint density at radius 2 is 2.00 bits per heavy atom. The second-order valence-corrected chi connectivity index (χ2v) is 4.32. The van der Waals surface area contributed by atoms with Crippen molar-refractivity contribution >= 4 is 23.3 Å². The molecule has 0 bridgehead atoms. The lowest BCUT2D eigenvalue weighted by Crippen LogP contribution is -2.26. The average Bonchev–Trinajstić information content (AvgIpc) is 2.73. The summed E-state index contributed by atoms with van der Waals surface area (Å²) in [4.78, 5) is 0. The van der Waals surface area contributed by atoms with Crippen LogP contribution in [0.2, 0.25) is 0 Å². The van der Waals surface area contributed by atoms with Crippen LogP contribution in [0.25, 0.3) is 10.9 Å². The van der Waals surface area contributed by atoms with Gasteiger partial charge in [-0.15, -0.1) is 12.4 Å².